The van der Waals surface area contributed by atoms with E-state index in [4.69, 9.17) is 16.3 Å². The number of methoxy groups -OCH3 is 1. The summed E-state index contributed by atoms with van der Waals surface area (Å²) in [6.45, 7) is 1.89. The summed E-state index contributed by atoms with van der Waals surface area (Å²) in [5.74, 6) is 1.43. The van der Waals surface area contributed by atoms with E-state index in [0.29, 0.717) is 21.1 Å². The highest BCUT2D eigenvalue weighted by Crippen LogP contribution is 2.29. The van der Waals surface area contributed by atoms with Gasteiger partial charge in [-0.2, -0.15) is 0 Å². The minimum atomic E-state index is -0.156. The van der Waals surface area contributed by atoms with Gasteiger partial charge in [0.15, 0.2) is 16.1 Å². The van der Waals surface area contributed by atoms with Gasteiger partial charge in [-0.3, -0.25) is 9.36 Å². The number of ether oxygens (including phenoxy) is 1. The van der Waals surface area contributed by atoms with Crippen LogP contribution in [0.2, 0.25) is 5.02 Å². The molecule has 7 nitrogen and oxygen atoms in total. The number of hydrogen-bond donors (Lipinski definition) is 1. The zero-order valence-electron chi connectivity index (χ0n) is 16.7. The number of aryl methyl sites for hydroxylation is 1. The van der Waals surface area contributed by atoms with Gasteiger partial charge in [-0.1, -0.05) is 23.4 Å². The van der Waals surface area contributed by atoms with E-state index in [1.807, 2.05) is 53.3 Å². The molecule has 0 radical (unpaired) electrons. The molecule has 0 atom stereocenters. The number of nitrogens with one attached hydrogen (secondary N) is 1. The van der Waals surface area contributed by atoms with Crippen molar-refractivity contribution >= 4 is 45.7 Å². The van der Waals surface area contributed by atoms with Gasteiger partial charge < -0.3 is 10.1 Å². The molecule has 0 fully saturated rings. The van der Waals surface area contributed by atoms with E-state index in [9.17, 15) is 4.79 Å². The Kier molecular flexibility index (Phi) is 6.55. The summed E-state index contributed by atoms with van der Waals surface area (Å²) in [6.07, 6.45) is 0. The molecule has 0 unspecified atom stereocenters. The fraction of sp³-hybridized carbons (Fsp3) is 0.143. The van der Waals surface area contributed by atoms with E-state index in [0.717, 1.165) is 22.7 Å². The van der Waals surface area contributed by atoms with Crippen molar-refractivity contribution in [2.75, 3.05) is 18.2 Å². The first-order chi connectivity index (χ1) is 15.0. The number of thioether (sulfide) groups is 1. The lowest BCUT2D eigenvalue weighted by Crippen LogP contribution is -2.14. The Balaban J connectivity index is 1.61. The first-order valence-corrected chi connectivity index (χ1v) is 11.5. The third-order valence-electron chi connectivity index (χ3n) is 4.26. The van der Waals surface area contributed by atoms with Crippen LogP contribution in [0.5, 0.6) is 5.75 Å². The molecule has 0 saturated heterocycles. The average molecular weight is 472 g/mol. The molecule has 1 amide bonds. The van der Waals surface area contributed by atoms with Gasteiger partial charge in [0, 0.05) is 21.7 Å². The van der Waals surface area contributed by atoms with Crippen LogP contribution in [-0.4, -0.2) is 38.5 Å². The van der Waals surface area contributed by atoms with Crippen molar-refractivity contribution in [3.05, 3.63) is 64.6 Å². The smallest absolute Gasteiger partial charge is 0.236 e. The number of anilines is 1. The van der Waals surface area contributed by atoms with E-state index in [-0.39, 0.29) is 11.7 Å². The maximum absolute atomic E-state index is 12.4. The van der Waals surface area contributed by atoms with Crippen molar-refractivity contribution in [2.45, 2.75) is 12.1 Å². The standard InChI is InChI=1S/C21H18ClN5O2S2/c1-13-11-30-20(23-13)24-18(28)12-31-21-26-25-19(14-3-9-17(29-2)10-4-14)27(21)16-7-5-15(22)6-8-16/h3-11H,12H2,1-2H3,(H,23,24,28). The number of carbonyl (C=O) groups excluding carboxylic acids is 1. The van der Waals surface area contributed by atoms with Crippen molar-refractivity contribution in [3.63, 3.8) is 0 Å². The van der Waals surface area contributed by atoms with Gasteiger partial charge in [0.25, 0.3) is 0 Å². The Bertz CT molecular complexity index is 1190. The quantitative estimate of drug-likeness (QED) is 0.378. The molecule has 0 aliphatic carbocycles. The molecule has 2 aromatic heterocycles. The molecule has 0 bridgehead atoms. The summed E-state index contributed by atoms with van der Waals surface area (Å²) < 4.78 is 7.15. The predicted molar refractivity (Wildman–Crippen MR) is 125 cm³/mol. The number of nitrogens with zero attached hydrogens (tertiary/aromatic N) is 4. The molecular formula is C21H18ClN5O2S2. The molecule has 0 aliphatic heterocycles. The van der Waals surface area contributed by atoms with E-state index < -0.39 is 0 Å². The number of hydrogen-bond acceptors (Lipinski definition) is 7. The Morgan fingerprint density at radius 1 is 1.16 bits per heavy atom. The monoisotopic (exact) mass is 471 g/mol. The van der Waals surface area contributed by atoms with Crippen LogP contribution in [0, 0.1) is 6.92 Å². The zero-order chi connectivity index (χ0) is 21.8. The number of thiazole rings is 1. The van der Waals surface area contributed by atoms with Gasteiger partial charge in [-0.15, -0.1) is 21.5 Å². The topological polar surface area (TPSA) is 81.9 Å². The fourth-order valence-electron chi connectivity index (χ4n) is 2.81. The second-order valence-corrected chi connectivity index (χ2v) is 8.71. The number of rotatable bonds is 7. The molecule has 1 N–H and O–H groups in total. The molecule has 4 aromatic rings. The maximum atomic E-state index is 12.4. The normalized spacial score (nSPS) is 10.8. The second kappa shape index (κ2) is 9.51. The summed E-state index contributed by atoms with van der Waals surface area (Å²) in [5.41, 5.74) is 2.59. The van der Waals surface area contributed by atoms with Gasteiger partial charge in [0.05, 0.1) is 18.6 Å². The van der Waals surface area contributed by atoms with Crippen LogP contribution in [0.1, 0.15) is 5.69 Å². The number of halogens is 1. The van der Waals surface area contributed by atoms with Crippen LogP contribution >= 0.6 is 34.7 Å². The third kappa shape index (κ3) is 5.07. The second-order valence-electron chi connectivity index (χ2n) is 6.48. The highest BCUT2D eigenvalue weighted by molar-refractivity contribution is 7.99. The van der Waals surface area contributed by atoms with Crippen molar-refractivity contribution in [3.8, 4) is 22.8 Å². The Morgan fingerprint density at radius 3 is 2.55 bits per heavy atom. The van der Waals surface area contributed by atoms with Crippen LogP contribution in [0.25, 0.3) is 17.1 Å². The van der Waals surface area contributed by atoms with Crippen molar-refractivity contribution in [1.82, 2.24) is 19.7 Å². The summed E-state index contributed by atoms with van der Waals surface area (Å²) in [4.78, 5) is 16.6. The largest absolute Gasteiger partial charge is 0.497 e. The van der Waals surface area contributed by atoms with Crippen LogP contribution in [0.4, 0.5) is 5.13 Å². The number of carbonyl (C=O) groups is 1. The summed E-state index contributed by atoms with van der Waals surface area (Å²) in [7, 11) is 1.62. The Labute approximate surface area is 192 Å². The average Bonchev–Trinajstić information content (AvgIpc) is 3.39. The summed E-state index contributed by atoms with van der Waals surface area (Å²) in [6, 6.07) is 15.0. The lowest BCUT2D eigenvalue weighted by molar-refractivity contribution is -0.113. The Morgan fingerprint density at radius 2 is 1.90 bits per heavy atom. The van der Waals surface area contributed by atoms with E-state index >= 15 is 0 Å². The van der Waals surface area contributed by atoms with E-state index in [2.05, 4.69) is 20.5 Å². The SMILES string of the molecule is COc1ccc(-c2nnc(SCC(=O)Nc3nc(C)cs3)n2-c2ccc(Cl)cc2)cc1. The zero-order valence-corrected chi connectivity index (χ0v) is 19.1. The van der Waals surface area contributed by atoms with Crippen molar-refractivity contribution in [2.24, 2.45) is 0 Å². The molecule has 0 saturated carbocycles. The van der Waals surface area contributed by atoms with Crippen LogP contribution in [0.3, 0.4) is 0 Å². The molecule has 4 rings (SSSR count). The summed E-state index contributed by atoms with van der Waals surface area (Å²) in [5, 5.41) is 15.2. The van der Waals surface area contributed by atoms with Gasteiger partial charge in [-0.05, 0) is 55.5 Å². The fourth-order valence-corrected chi connectivity index (χ4v) is 4.39. The number of benzene rings is 2. The van der Waals surface area contributed by atoms with E-state index in [1.165, 1.54) is 23.1 Å². The first kappa shape index (κ1) is 21.4. The number of aromatic nitrogens is 4. The molecule has 0 spiro atoms. The molecular weight excluding hydrogens is 454 g/mol. The minimum Gasteiger partial charge on any atom is -0.497 e. The molecule has 2 heterocycles. The first-order valence-electron chi connectivity index (χ1n) is 9.24. The molecule has 31 heavy (non-hydrogen) atoms. The predicted octanol–water partition coefficient (Wildman–Crippen LogP) is 5.09. The van der Waals surface area contributed by atoms with Crippen LogP contribution < -0.4 is 10.1 Å². The van der Waals surface area contributed by atoms with Gasteiger partial charge in [0.1, 0.15) is 5.75 Å². The lowest BCUT2D eigenvalue weighted by Gasteiger charge is -2.11. The highest BCUT2D eigenvalue weighted by Gasteiger charge is 2.18. The number of amides is 1. The van der Waals surface area contributed by atoms with Crippen molar-refractivity contribution in [1.29, 1.82) is 0 Å². The Hall–Kier alpha value is -2.88. The maximum Gasteiger partial charge on any atom is 0.236 e. The molecule has 2 aromatic carbocycles. The van der Waals surface area contributed by atoms with Gasteiger partial charge >= 0.3 is 0 Å². The van der Waals surface area contributed by atoms with Crippen LogP contribution in [-0.2, 0) is 4.79 Å². The third-order valence-corrected chi connectivity index (χ3v) is 6.32. The van der Waals surface area contributed by atoms with E-state index in [1.54, 1.807) is 19.2 Å². The molecule has 10 heteroatoms. The lowest BCUT2D eigenvalue weighted by atomic mass is 10.2. The highest BCUT2D eigenvalue weighted by atomic mass is 35.5. The molecule has 0 aliphatic rings. The van der Waals surface area contributed by atoms with Gasteiger partial charge in [-0.25, -0.2) is 4.98 Å². The summed E-state index contributed by atoms with van der Waals surface area (Å²) >= 11 is 8.76. The van der Waals surface area contributed by atoms with Gasteiger partial charge in [0.2, 0.25) is 5.91 Å². The van der Waals surface area contributed by atoms with Crippen LogP contribution in [0.15, 0.2) is 59.1 Å². The van der Waals surface area contributed by atoms with Crippen molar-refractivity contribution < 1.29 is 9.53 Å². The molecule has 158 valence electrons. The minimum absolute atomic E-state index is 0.156.